The van der Waals surface area contributed by atoms with Gasteiger partial charge >= 0.3 is 0 Å². The summed E-state index contributed by atoms with van der Waals surface area (Å²) in [6.07, 6.45) is 0.563. The van der Waals surface area contributed by atoms with Gasteiger partial charge in [-0.3, -0.25) is 9.48 Å². The van der Waals surface area contributed by atoms with Gasteiger partial charge < -0.3 is 16.0 Å². The largest absolute Gasteiger partial charge is 0.352 e. The van der Waals surface area contributed by atoms with Gasteiger partial charge in [0.2, 0.25) is 0 Å². The molecule has 3 aromatic heterocycles. The molecule has 1 aliphatic rings. The molecule has 29 heavy (non-hydrogen) atoms. The Bertz CT molecular complexity index is 1040. The fourth-order valence-corrected chi connectivity index (χ4v) is 3.41. The molecule has 4 heterocycles. The molecule has 3 N–H and O–H groups in total. The lowest BCUT2D eigenvalue weighted by atomic mass is 10.1. The minimum absolute atomic E-state index is 0.0917. The molecule has 0 aromatic carbocycles. The smallest absolute Gasteiger partial charge is 0.284 e. The van der Waals surface area contributed by atoms with Crippen molar-refractivity contribution in [2.75, 3.05) is 23.3 Å². The highest BCUT2D eigenvalue weighted by atomic mass is 19.3. The number of alkyl halides is 3. The Labute approximate surface area is 163 Å². The van der Waals surface area contributed by atoms with Crippen molar-refractivity contribution in [2.24, 2.45) is 12.8 Å². The zero-order valence-corrected chi connectivity index (χ0v) is 15.5. The molecular weight excluding hydrogens is 389 g/mol. The summed E-state index contributed by atoms with van der Waals surface area (Å²) in [6, 6.07) is 1.34. The molecule has 1 saturated heterocycles. The van der Waals surface area contributed by atoms with Gasteiger partial charge in [-0.1, -0.05) is 0 Å². The van der Waals surface area contributed by atoms with E-state index in [4.69, 9.17) is 5.73 Å². The normalized spacial score (nSPS) is 19.9. The molecule has 0 radical (unpaired) electrons. The lowest BCUT2D eigenvalue weighted by Gasteiger charge is -2.33. The average Bonchev–Trinajstić information content (AvgIpc) is 3.23. The van der Waals surface area contributed by atoms with Crippen molar-refractivity contribution < 1.29 is 18.0 Å². The van der Waals surface area contributed by atoms with Crippen LogP contribution < -0.4 is 16.0 Å². The van der Waals surface area contributed by atoms with Gasteiger partial charge in [0.05, 0.1) is 18.4 Å². The number of nitrogens with two attached hydrogens (primary N) is 1. The number of nitrogens with one attached hydrogen (secondary N) is 1. The van der Waals surface area contributed by atoms with E-state index in [0.29, 0.717) is 12.4 Å². The van der Waals surface area contributed by atoms with Gasteiger partial charge in [-0.2, -0.15) is 10.2 Å². The van der Waals surface area contributed by atoms with Gasteiger partial charge in [0, 0.05) is 32.0 Å². The van der Waals surface area contributed by atoms with E-state index in [9.17, 15) is 18.0 Å². The summed E-state index contributed by atoms with van der Waals surface area (Å²) in [6.45, 7) is 0.590. The van der Waals surface area contributed by atoms with Crippen LogP contribution in [0.3, 0.4) is 0 Å². The highest BCUT2D eigenvalue weighted by Crippen LogP contribution is 2.26. The zero-order valence-electron chi connectivity index (χ0n) is 15.5. The fraction of sp³-hybridized carbons (Fsp3) is 0.412. The highest BCUT2D eigenvalue weighted by Gasteiger charge is 2.27. The minimum Gasteiger partial charge on any atom is -0.352 e. The van der Waals surface area contributed by atoms with Gasteiger partial charge in [0.1, 0.15) is 17.6 Å². The molecule has 9 nitrogen and oxygen atoms in total. The third-order valence-corrected chi connectivity index (χ3v) is 4.67. The van der Waals surface area contributed by atoms with E-state index in [0.717, 1.165) is 0 Å². The number of aromatic nitrogens is 5. The molecule has 12 heteroatoms. The van der Waals surface area contributed by atoms with Crippen LogP contribution in [0.25, 0.3) is 5.65 Å². The van der Waals surface area contributed by atoms with Gasteiger partial charge in [-0.25, -0.2) is 22.7 Å². The number of aryl methyl sites for hydroxylation is 1. The zero-order chi connectivity index (χ0) is 20.7. The van der Waals surface area contributed by atoms with Crippen LogP contribution in [-0.2, 0) is 7.05 Å². The van der Waals surface area contributed by atoms with Crippen LogP contribution in [0.1, 0.15) is 28.9 Å². The Morgan fingerprint density at radius 3 is 2.90 bits per heavy atom. The van der Waals surface area contributed by atoms with Crippen LogP contribution >= 0.6 is 0 Å². The van der Waals surface area contributed by atoms with Crippen molar-refractivity contribution in [3.8, 4) is 0 Å². The van der Waals surface area contributed by atoms with Crippen LogP contribution in [0.4, 0.5) is 24.7 Å². The molecule has 0 spiro atoms. The standard InChI is InChI=1S/C17H19F3N8O/c1-26-8-12(14(25-26)15(19)20)23-17(29)11-5-22-28-3-2-13(24-16(11)28)27-6-9(18)4-10(21)7-27/h2-3,5,8-10,15H,4,6-7,21H2,1H3,(H,23,29)/t9-,10+/m1/s1. The molecule has 4 rings (SSSR count). The van der Waals surface area contributed by atoms with Crippen molar-refractivity contribution in [3.05, 3.63) is 35.9 Å². The average molecular weight is 408 g/mol. The van der Waals surface area contributed by atoms with E-state index >= 15 is 0 Å². The summed E-state index contributed by atoms with van der Waals surface area (Å²) in [5, 5.41) is 10.2. The molecule has 0 saturated carbocycles. The van der Waals surface area contributed by atoms with Gasteiger partial charge in [0.15, 0.2) is 11.3 Å². The Morgan fingerprint density at radius 2 is 2.17 bits per heavy atom. The number of carbonyl (C=O) groups excluding carboxylic acids is 1. The van der Waals surface area contributed by atoms with Gasteiger partial charge in [0.25, 0.3) is 12.3 Å². The number of amides is 1. The lowest BCUT2D eigenvalue weighted by Crippen LogP contribution is -2.48. The van der Waals surface area contributed by atoms with Crippen molar-refractivity contribution in [3.63, 3.8) is 0 Å². The summed E-state index contributed by atoms with van der Waals surface area (Å²) < 4.78 is 42.7. The maximum atomic E-state index is 13.9. The second-order valence-electron chi connectivity index (χ2n) is 6.97. The summed E-state index contributed by atoms with van der Waals surface area (Å²) in [7, 11) is 1.48. The SMILES string of the molecule is Cn1cc(NC(=O)c2cnn3ccc(N4C[C@@H](N)C[C@@H](F)C4)nc23)c(C(F)F)n1. The number of hydrogen-bond acceptors (Lipinski definition) is 6. The van der Waals surface area contributed by atoms with E-state index in [-0.39, 0.29) is 35.9 Å². The van der Waals surface area contributed by atoms with E-state index in [1.807, 2.05) is 0 Å². The highest BCUT2D eigenvalue weighted by molar-refractivity contribution is 6.08. The van der Waals surface area contributed by atoms with Gasteiger partial charge in [-0.05, 0) is 12.5 Å². The first-order valence-electron chi connectivity index (χ1n) is 8.94. The van der Waals surface area contributed by atoms with Crippen molar-refractivity contribution >= 4 is 23.1 Å². The third-order valence-electron chi connectivity index (χ3n) is 4.67. The van der Waals surface area contributed by atoms with Crippen molar-refractivity contribution in [1.29, 1.82) is 0 Å². The lowest BCUT2D eigenvalue weighted by molar-refractivity contribution is 0.102. The summed E-state index contributed by atoms with van der Waals surface area (Å²) >= 11 is 0. The van der Waals surface area contributed by atoms with E-state index < -0.39 is 24.2 Å². The molecule has 3 aromatic rings. The van der Waals surface area contributed by atoms with Gasteiger partial charge in [-0.15, -0.1) is 0 Å². The van der Waals surface area contributed by atoms with Crippen LogP contribution in [0.5, 0.6) is 0 Å². The first kappa shape index (κ1) is 19.2. The second kappa shape index (κ2) is 7.35. The number of nitrogens with zero attached hydrogens (tertiary/aromatic N) is 6. The molecule has 1 fully saturated rings. The van der Waals surface area contributed by atoms with E-state index in [2.05, 4.69) is 20.5 Å². The number of carbonyl (C=O) groups is 1. The molecule has 0 aliphatic carbocycles. The summed E-state index contributed by atoms with van der Waals surface area (Å²) in [5.41, 5.74) is 5.58. The predicted molar refractivity (Wildman–Crippen MR) is 98.8 cm³/mol. The second-order valence-corrected chi connectivity index (χ2v) is 6.97. The topological polar surface area (TPSA) is 106 Å². The molecule has 154 valence electrons. The first-order valence-corrected chi connectivity index (χ1v) is 8.94. The van der Waals surface area contributed by atoms with Crippen LogP contribution in [0.2, 0.25) is 0 Å². The Balaban J connectivity index is 1.63. The van der Waals surface area contributed by atoms with Crippen LogP contribution in [0.15, 0.2) is 24.7 Å². The molecular formula is C17H19F3N8O. The molecule has 0 unspecified atom stereocenters. The number of fused-ring (bicyclic) bond motifs is 1. The quantitative estimate of drug-likeness (QED) is 0.678. The number of halogens is 3. The van der Waals surface area contributed by atoms with E-state index in [1.54, 1.807) is 17.2 Å². The molecule has 2 atom stereocenters. The number of anilines is 2. The predicted octanol–water partition coefficient (Wildman–Crippen LogP) is 1.53. The molecule has 0 bridgehead atoms. The van der Waals surface area contributed by atoms with Crippen LogP contribution in [-0.4, -0.2) is 55.6 Å². The fourth-order valence-electron chi connectivity index (χ4n) is 3.41. The number of rotatable bonds is 4. The summed E-state index contributed by atoms with van der Waals surface area (Å²) in [4.78, 5) is 18.8. The number of piperidine rings is 1. The Hall–Kier alpha value is -3.15. The maximum Gasteiger partial charge on any atom is 0.284 e. The summed E-state index contributed by atoms with van der Waals surface area (Å²) in [5.74, 6) is -0.197. The molecule has 1 amide bonds. The first-order chi connectivity index (χ1) is 13.8. The van der Waals surface area contributed by atoms with E-state index in [1.165, 1.54) is 28.6 Å². The minimum atomic E-state index is -2.84. The molecule has 1 aliphatic heterocycles. The Morgan fingerprint density at radius 1 is 1.38 bits per heavy atom. The Kier molecular flexibility index (Phi) is 4.86. The van der Waals surface area contributed by atoms with Crippen LogP contribution in [0, 0.1) is 0 Å². The number of hydrogen-bond donors (Lipinski definition) is 2. The third kappa shape index (κ3) is 3.75. The van der Waals surface area contributed by atoms with Crippen molar-refractivity contribution in [2.45, 2.75) is 25.1 Å². The maximum absolute atomic E-state index is 13.9. The monoisotopic (exact) mass is 408 g/mol. The van der Waals surface area contributed by atoms with Crippen molar-refractivity contribution in [1.82, 2.24) is 24.4 Å².